The summed E-state index contributed by atoms with van der Waals surface area (Å²) in [7, 11) is 1.69. The summed E-state index contributed by atoms with van der Waals surface area (Å²) in [6.07, 6.45) is 0. The molecule has 1 aliphatic heterocycles. The summed E-state index contributed by atoms with van der Waals surface area (Å²) >= 11 is 0. The van der Waals surface area contributed by atoms with Crippen molar-refractivity contribution >= 4 is 0 Å². The van der Waals surface area contributed by atoms with Crippen LogP contribution in [0.5, 0.6) is 5.75 Å². The molecule has 106 valence electrons. The van der Waals surface area contributed by atoms with E-state index in [1.54, 1.807) is 7.11 Å². The van der Waals surface area contributed by atoms with Gasteiger partial charge in [0.2, 0.25) is 0 Å². The molecule has 1 fully saturated rings. The Labute approximate surface area is 115 Å². The van der Waals surface area contributed by atoms with E-state index in [0.29, 0.717) is 6.04 Å². The Morgan fingerprint density at radius 2 is 1.95 bits per heavy atom. The summed E-state index contributed by atoms with van der Waals surface area (Å²) in [5.74, 6) is 0.907. The second-order valence-corrected chi connectivity index (χ2v) is 4.90. The molecule has 4 heteroatoms. The zero-order chi connectivity index (χ0) is 13.5. The fourth-order valence-corrected chi connectivity index (χ4v) is 2.27. The highest BCUT2D eigenvalue weighted by Crippen LogP contribution is 2.16. The van der Waals surface area contributed by atoms with Crippen molar-refractivity contribution in [1.82, 2.24) is 10.2 Å². The first kappa shape index (κ1) is 14.3. The number of morpholine rings is 1. The van der Waals surface area contributed by atoms with Crippen molar-refractivity contribution in [1.29, 1.82) is 0 Å². The highest BCUT2D eigenvalue weighted by molar-refractivity contribution is 5.28. The largest absolute Gasteiger partial charge is 0.497 e. The SMILES string of the molecule is COc1ccc(C(C)NCCN2CCOCC2)cc1. The van der Waals surface area contributed by atoms with Gasteiger partial charge in [-0.15, -0.1) is 0 Å². The fourth-order valence-electron chi connectivity index (χ4n) is 2.27. The molecule has 1 aromatic carbocycles. The molecule has 1 saturated heterocycles. The second-order valence-electron chi connectivity index (χ2n) is 4.90. The molecule has 19 heavy (non-hydrogen) atoms. The highest BCUT2D eigenvalue weighted by Gasteiger charge is 2.10. The molecule has 1 aromatic rings. The topological polar surface area (TPSA) is 33.7 Å². The molecule has 1 heterocycles. The quantitative estimate of drug-likeness (QED) is 0.847. The molecular formula is C15H24N2O2. The van der Waals surface area contributed by atoms with Gasteiger partial charge in [-0.2, -0.15) is 0 Å². The molecule has 0 saturated carbocycles. The number of nitrogens with one attached hydrogen (secondary N) is 1. The Bertz CT molecular complexity index is 361. The maximum absolute atomic E-state index is 5.34. The fraction of sp³-hybridized carbons (Fsp3) is 0.600. The van der Waals surface area contributed by atoms with Crippen LogP contribution in [0.4, 0.5) is 0 Å². The smallest absolute Gasteiger partial charge is 0.118 e. The van der Waals surface area contributed by atoms with E-state index in [1.165, 1.54) is 5.56 Å². The van der Waals surface area contributed by atoms with E-state index < -0.39 is 0 Å². The molecule has 0 amide bonds. The molecule has 0 aromatic heterocycles. The average molecular weight is 264 g/mol. The molecule has 1 N–H and O–H groups in total. The number of hydrogen-bond acceptors (Lipinski definition) is 4. The van der Waals surface area contributed by atoms with Gasteiger partial charge in [0, 0.05) is 32.2 Å². The predicted molar refractivity (Wildman–Crippen MR) is 76.7 cm³/mol. The van der Waals surface area contributed by atoms with Crippen molar-refractivity contribution in [3.8, 4) is 5.75 Å². The maximum atomic E-state index is 5.34. The summed E-state index contributed by atoms with van der Waals surface area (Å²) in [6.45, 7) is 8.14. The molecule has 1 aliphatic rings. The van der Waals surface area contributed by atoms with Gasteiger partial charge in [0.15, 0.2) is 0 Å². The zero-order valence-corrected chi connectivity index (χ0v) is 11.9. The van der Waals surface area contributed by atoms with Gasteiger partial charge in [0.25, 0.3) is 0 Å². The van der Waals surface area contributed by atoms with Gasteiger partial charge >= 0.3 is 0 Å². The summed E-state index contributed by atoms with van der Waals surface area (Å²) < 4.78 is 10.5. The monoisotopic (exact) mass is 264 g/mol. The minimum atomic E-state index is 0.368. The van der Waals surface area contributed by atoms with Crippen LogP contribution in [0.3, 0.4) is 0 Å². The highest BCUT2D eigenvalue weighted by atomic mass is 16.5. The maximum Gasteiger partial charge on any atom is 0.118 e. The van der Waals surface area contributed by atoms with Crippen LogP contribution in [-0.2, 0) is 4.74 Å². The van der Waals surface area contributed by atoms with Crippen LogP contribution in [0, 0.1) is 0 Å². The van der Waals surface area contributed by atoms with Crippen molar-refractivity contribution in [2.75, 3.05) is 46.5 Å². The molecule has 1 atom stereocenters. The van der Waals surface area contributed by atoms with E-state index in [9.17, 15) is 0 Å². The first-order valence-corrected chi connectivity index (χ1v) is 6.97. The summed E-state index contributed by atoms with van der Waals surface area (Å²) in [5.41, 5.74) is 1.29. The summed E-state index contributed by atoms with van der Waals surface area (Å²) in [6, 6.07) is 8.62. The Kier molecular flexibility index (Phi) is 5.63. The van der Waals surface area contributed by atoms with Crippen LogP contribution >= 0.6 is 0 Å². The molecule has 0 radical (unpaired) electrons. The third-order valence-corrected chi connectivity index (χ3v) is 3.60. The van der Waals surface area contributed by atoms with Crippen LogP contribution < -0.4 is 10.1 Å². The Morgan fingerprint density at radius 3 is 2.58 bits per heavy atom. The third-order valence-electron chi connectivity index (χ3n) is 3.60. The van der Waals surface area contributed by atoms with Gasteiger partial charge in [-0.25, -0.2) is 0 Å². The van der Waals surface area contributed by atoms with E-state index >= 15 is 0 Å². The number of methoxy groups -OCH3 is 1. The van der Waals surface area contributed by atoms with Crippen molar-refractivity contribution in [2.45, 2.75) is 13.0 Å². The summed E-state index contributed by atoms with van der Waals surface area (Å²) in [4.78, 5) is 2.44. The average Bonchev–Trinajstić information content (AvgIpc) is 2.48. The van der Waals surface area contributed by atoms with E-state index in [-0.39, 0.29) is 0 Å². The van der Waals surface area contributed by atoms with E-state index in [0.717, 1.165) is 45.1 Å². The Hall–Kier alpha value is -1.10. The van der Waals surface area contributed by atoms with Gasteiger partial charge in [0.05, 0.1) is 20.3 Å². The van der Waals surface area contributed by atoms with Crippen molar-refractivity contribution < 1.29 is 9.47 Å². The van der Waals surface area contributed by atoms with Crippen LogP contribution in [-0.4, -0.2) is 51.4 Å². The molecule has 0 bridgehead atoms. The molecule has 2 rings (SSSR count). The lowest BCUT2D eigenvalue weighted by Crippen LogP contribution is -2.40. The van der Waals surface area contributed by atoms with Gasteiger partial charge in [0.1, 0.15) is 5.75 Å². The van der Waals surface area contributed by atoms with E-state index in [4.69, 9.17) is 9.47 Å². The van der Waals surface area contributed by atoms with Crippen molar-refractivity contribution in [3.63, 3.8) is 0 Å². The zero-order valence-electron chi connectivity index (χ0n) is 11.9. The van der Waals surface area contributed by atoms with E-state index in [2.05, 4.69) is 29.3 Å². The predicted octanol–water partition coefficient (Wildman–Crippen LogP) is 1.68. The first-order chi connectivity index (χ1) is 9.29. The minimum Gasteiger partial charge on any atom is -0.497 e. The lowest BCUT2D eigenvalue weighted by atomic mass is 10.1. The summed E-state index contributed by atoms with van der Waals surface area (Å²) in [5, 5.41) is 3.56. The van der Waals surface area contributed by atoms with Gasteiger partial charge < -0.3 is 14.8 Å². The number of ether oxygens (including phenoxy) is 2. The number of benzene rings is 1. The second kappa shape index (κ2) is 7.48. The number of rotatable bonds is 6. The van der Waals surface area contributed by atoms with Crippen LogP contribution in [0.1, 0.15) is 18.5 Å². The molecule has 0 aliphatic carbocycles. The molecule has 1 unspecified atom stereocenters. The van der Waals surface area contributed by atoms with E-state index in [1.807, 2.05) is 12.1 Å². The van der Waals surface area contributed by atoms with Gasteiger partial charge in [-0.3, -0.25) is 4.90 Å². The van der Waals surface area contributed by atoms with Crippen molar-refractivity contribution in [2.24, 2.45) is 0 Å². The molecule has 4 nitrogen and oxygen atoms in total. The lowest BCUT2D eigenvalue weighted by molar-refractivity contribution is 0.0382. The van der Waals surface area contributed by atoms with Crippen LogP contribution in [0.25, 0.3) is 0 Å². The first-order valence-electron chi connectivity index (χ1n) is 6.97. The normalized spacial score (nSPS) is 18.2. The Balaban J connectivity index is 1.72. The van der Waals surface area contributed by atoms with Gasteiger partial charge in [-0.1, -0.05) is 12.1 Å². The standard InChI is InChI=1S/C15H24N2O2/c1-13(14-3-5-15(18-2)6-4-14)16-7-8-17-9-11-19-12-10-17/h3-6,13,16H,7-12H2,1-2H3. The minimum absolute atomic E-state index is 0.368. The lowest BCUT2D eigenvalue weighted by Gasteiger charge is -2.27. The number of nitrogens with zero attached hydrogens (tertiary/aromatic N) is 1. The van der Waals surface area contributed by atoms with Crippen LogP contribution in [0.15, 0.2) is 24.3 Å². The van der Waals surface area contributed by atoms with Crippen molar-refractivity contribution in [3.05, 3.63) is 29.8 Å². The number of hydrogen-bond donors (Lipinski definition) is 1. The van der Waals surface area contributed by atoms with Crippen LogP contribution in [0.2, 0.25) is 0 Å². The molecular weight excluding hydrogens is 240 g/mol. The Morgan fingerprint density at radius 1 is 1.26 bits per heavy atom. The molecule has 0 spiro atoms. The third kappa shape index (κ3) is 4.49. The van der Waals surface area contributed by atoms with Gasteiger partial charge in [-0.05, 0) is 24.6 Å².